The highest BCUT2D eigenvalue weighted by molar-refractivity contribution is 5.16. The maximum Gasteiger partial charge on any atom is 0.102 e. The second-order valence-electron chi connectivity index (χ2n) is 7.34. The van der Waals surface area contributed by atoms with Crippen molar-refractivity contribution in [3.8, 4) is 0 Å². The standard InChI is InChI=1S/C18H29NO2/c1-14(15-10-8-7-9-11-15)21-19-17(2,3)12-16(20-6)13-18(19,4)5/h7-11,14,16H,12-13H2,1-6H3/t14-/m0/s1. The molecule has 118 valence electrons. The number of hydrogen-bond donors (Lipinski definition) is 0. The Labute approximate surface area is 129 Å². The maximum absolute atomic E-state index is 6.38. The van der Waals surface area contributed by atoms with Gasteiger partial charge >= 0.3 is 0 Å². The zero-order chi connectivity index (χ0) is 15.7. The van der Waals surface area contributed by atoms with Gasteiger partial charge < -0.3 is 4.74 Å². The average Bonchev–Trinajstić information content (AvgIpc) is 2.42. The topological polar surface area (TPSA) is 21.7 Å². The predicted molar refractivity (Wildman–Crippen MR) is 86.0 cm³/mol. The van der Waals surface area contributed by atoms with Crippen LogP contribution < -0.4 is 0 Å². The molecule has 1 heterocycles. The van der Waals surface area contributed by atoms with Gasteiger partial charge in [-0.3, -0.25) is 4.84 Å². The molecule has 3 heteroatoms. The van der Waals surface area contributed by atoms with Gasteiger partial charge in [0.25, 0.3) is 0 Å². The summed E-state index contributed by atoms with van der Waals surface area (Å²) >= 11 is 0. The molecule has 1 aliphatic rings. The molecule has 0 spiro atoms. The first-order valence-corrected chi connectivity index (χ1v) is 7.81. The lowest BCUT2D eigenvalue weighted by molar-refractivity contribution is -0.314. The Morgan fingerprint density at radius 1 is 1.05 bits per heavy atom. The van der Waals surface area contributed by atoms with Crippen LogP contribution in [0.25, 0.3) is 0 Å². The zero-order valence-corrected chi connectivity index (χ0v) is 14.2. The largest absolute Gasteiger partial charge is 0.381 e. The van der Waals surface area contributed by atoms with Gasteiger partial charge in [-0.1, -0.05) is 30.3 Å². The third-order valence-corrected chi connectivity index (χ3v) is 4.42. The van der Waals surface area contributed by atoms with Crippen LogP contribution in [-0.2, 0) is 9.57 Å². The van der Waals surface area contributed by atoms with E-state index in [4.69, 9.17) is 9.57 Å². The van der Waals surface area contributed by atoms with Gasteiger partial charge in [0.15, 0.2) is 0 Å². The number of methoxy groups -OCH3 is 1. The van der Waals surface area contributed by atoms with Crippen molar-refractivity contribution >= 4 is 0 Å². The summed E-state index contributed by atoms with van der Waals surface area (Å²) in [4.78, 5) is 6.38. The Bertz CT molecular complexity index is 438. The van der Waals surface area contributed by atoms with Crippen LogP contribution in [0.2, 0.25) is 0 Å². The van der Waals surface area contributed by atoms with Gasteiger partial charge in [-0.15, -0.1) is 0 Å². The van der Waals surface area contributed by atoms with Gasteiger partial charge in [0.1, 0.15) is 6.10 Å². The van der Waals surface area contributed by atoms with Crippen molar-refractivity contribution in [1.82, 2.24) is 5.06 Å². The Morgan fingerprint density at radius 3 is 2.05 bits per heavy atom. The third-order valence-electron chi connectivity index (χ3n) is 4.42. The van der Waals surface area contributed by atoms with Gasteiger partial charge in [-0.2, -0.15) is 5.06 Å². The zero-order valence-electron chi connectivity index (χ0n) is 14.2. The molecule has 0 saturated carbocycles. The molecule has 1 aromatic carbocycles. The lowest BCUT2D eigenvalue weighted by atomic mass is 9.80. The minimum absolute atomic E-state index is 0.0452. The molecular weight excluding hydrogens is 262 g/mol. The highest BCUT2D eigenvalue weighted by Gasteiger charge is 2.47. The number of nitrogens with zero attached hydrogens (tertiary/aromatic N) is 1. The molecule has 0 aromatic heterocycles. The minimum atomic E-state index is -0.0501. The highest BCUT2D eigenvalue weighted by Crippen LogP contribution is 2.41. The smallest absolute Gasteiger partial charge is 0.102 e. The summed E-state index contributed by atoms with van der Waals surface area (Å²) in [7, 11) is 1.81. The van der Waals surface area contributed by atoms with E-state index < -0.39 is 0 Å². The number of piperidine rings is 1. The van der Waals surface area contributed by atoms with Gasteiger partial charge in [0.2, 0.25) is 0 Å². The minimum Gasteiger partial charge on any atom is -0.381 e. The molecule has 0 aliphatic carbocycles. The van der Waals surface area contributed by atoms with Gasteiger partial charge in [0, 0.05) is 18.2 Å². The molecule has 3 nitrogen and oxygen atoms in total. The maximum atomic E-state index is 6.38. The Morgan fingerprint density at radius 2 is 1.57 bits per heavy atom. The number of benzene rings is 1. The van der Waals surface area contributed by atoms with Crippen molar-refractivity contribution in [2.45, 2.75) is 70.7 Å². The first-order valence-electron chi connectivity index (χ1n) is 7.81. The summed E-state index contributed by atoms with van der Waals surface area (Å²) in [5, 5.41) is 2.19. The molecule has 1 saturated heterocycles. The van der Waals surface area contributed by atoms with Crippen LogP contribution >= 0.6 is 0 Å². The van der Waals surface area contributed by atoms with E-state index in [-0.39, 0.29) is 17.2 Å². The van der Waals surface area contributed by atoms with E-state index in [2.05, 4.69) is 63.9 Å². The van der Waals surface area contributed by atoms with Crippen molar-refractivity contribution in [3.63, 3.8) is 0 Å². The fraction of sp³-hybridized carbons (Fsp3) is 0.667. The molecule has 0 radical (unpaired) electrons. The van der Waals surface area contributed by atoms with E-state index in [1.54, 1.807) is 7.11 Å². The van der Waals surface area contributed by atoms with Crippen LogP contribution in [0.1, 0.15) is 59.1 Å². The van der Waals surface area contributed by atoms with Crippen LogP contribution in [0.3, 0.4) is 0 Å². The molecule has 0 amide bonds. The monoisotopic (exact) mass is 291 g/mol. The number of hydrogen-bond acceptors (Lipinski definition) is 3. The number of hydroxylamine groups is 2. The molecule has 0 unspecified atom stereocenters. The van der Waals surface area contributed by atoms with E-state index in [9.17, 15) is 0 Å². The molecule has 1 atom stereocenters. The first kappa shape index (κ1) is 16.5. The Hall–Kier alpha value is -0.900. The summed E-state index contributed by atoms with van der Waals surface area (Å²) in [5.41, 5.74) is 1.11. The van der Waals surface area contributed by atoms with Gasteiger partial charge in [-0.05, 0) is 53.0 Å². The van der Waals surface area contributed by atoms with Crippen LogP contribution in [-0.4, -0.2) is 29.4 Å². The summed E-state index contributed by atoms with van der Waals surface area (Å²) in [6.07, 6.45) is 2.30. The lowest BCUT2D eigenvalue weighted by Gasteiger charge is -2.54. The second-order valence-corrected chi connectivity index (χ2v) is 7.34. The Balaban J connectivity index is 2.17. The van der Waals surface area contributed by atoms with Crippen molar-refractivity contribution in [2.75, 3.05) is 7.11 Å². The van der Waals surface area contributed by atoms with Crippen molar-refractivity contribution in [2.24, 2.45) is 0 Å². The molecule has 1 fully saturated rings. The number of rotatable bonds is 4. The molecular formula is C18H29NO2. The summed E-state index contributed by atoms with van der Waals surface area (Å²) in [6.45, 7) is 11.1. The normalized spacial score (nSPS) is 23.9. The first-order chi connectivity index (χ1) is 9.76. The van der Waals surface area contributed by atoms with Crippen molar-refractivity contribution in [1.29, 1.82) is 0 Å². The summed E-state index contributed by atoms with van der Waals surface area (Å²) < 4.78 is 5.62. The summed E-state index contributed by atoms with van der Waals surface area (Å²) in [6, 6.07) is 10.4. The molecule has 0 N–H and O–H groups in total. The Kier molecular flexibility index (Phi) is 4.76. The van der Waals surface area contributed by atoms with E-state index in [1.807, 2.05) is 6.07 Å². The van der Waals surface area contributed by atoms with E-state index >= 15 is 0 Å². The highest BCUT2D eigenvalue weighted by atomic mass is 16.7. The second kappa shape index (κ2) is 6.07. The third kappa shape index (κ3) is 3.65. The van der Waals surface area contributed by atoms with Crippen molar-refractivity contribution in [3.05, 3.63) is 35.9 Å². The fourth-order valence-corrected chi connectivity index (χ4v) is 3.57. The van der Waals surface area contributed by atoms with E-state index in [0.717, 1.165) is 12.8 Å². The van der Waals surface area contributed by atoms with Crippen LogP contribution in [0.15, 0.2) is 30.3 Å². The van der Waals surface area contributed by atoms with Crippen LogP contribution in [0.4, 0.5) is 0 Å². The molecule has 1 aromatic rings. The quantitative estimate of drug-likeness (QED) is 0.823. The fourth-order valence-electron chi connectivity index (χ4n) is 3.57. The SMILES string of the molecule is COC1CC(C)(C)N(O[C@@H](C)c2ccccc2)C(C)(C)C1. The average molecular weight is 291 g/mol. The van der Waals surface area contributed by atoms with Crippen LogP contribution in [0, 0.1) is 0 Å². The summed E-state index contributed by atoms with van der Waals surface area (Å²) in [5.74, 6) is 0. The molecule has 1 aliphatic heterocycles. The van der Waals surface area contributed by atoms with E-state index in [0.29, 0.717) is 6.10 Å². The molecule has 2 rings (SSSR count). The van der Waals surface area contributed by atoms with Crippen molar-refractivity contribution < 1.29 is 9.57 Å². The molecule has 21 heavy (non-hydrogen) atoms. The van der Waals surface area contributed by atoms with Gasteiger partial charge in [0.05, 0.1) is 6.10 Å². The molecule has 0 bridgehead atoms. The lowest BCUT2D eigenvalue weighted by Crippen LogP contribution is -2.61. The van der Waals surface area contributed by atoms with E-state index in [1.165, 1.54) is 5.56 Å². The number of ether oxygens (including phenoxy) is 1. The predicted octanol–water partition coefficient (Wildman–Crippen LogP) is 4.35. The van der Waals surface area contributed by atoms with Gasteiger partial charge in [-0.25, -0.2) is 0 Å². The van der Waals surface area contributed by atoms with Crippen LogP contribution in [0.5, 0.6) is 0 Å².